The molecule has 0 spiro atoms. The van der Waals surface area contributed by atoms with Crippen molar-refractivity contribution >= 4 is 21.7 Å². The normalized spacial score (nSPS) is 15.2. The molecule has 0 N–H and O–H groups in total. The predicted molar refractivity (Wildman–Crippen MR) is 66.5 cm³/mol. The number of allylic oxidation sites excluding steroid dienone is 2. The van der Waals surface area contributed by atoms with Crippen LogP contribution in [-0.4, -0.2) is 12.4 Å². The summed E-state index contributed by atoms with van der Waals surface area (Å²) in [5, 5.41) is 0. The zero-order valence-electron chi connectivity index (χ0n) is 9.13. The van der Waals surface area contributed by atoms with E-state index >= 15 is 0 Å². The highest BCUT2D eigenvalue weighted by atomic mass is 79.9. The Bertz CT molecular complexity index is 449. The van der Waals surface area contributed by atoms with E-state index in [9.17, 15) is 4.79 Å². The molecule has 16 heavy (non-hydrogen) atoms. The van der Waals surface area contributed by atoms with Crippen molar-refractivity contribution < 1.29 is 9.53 Å². The number of ketones is 1. The maximum absolute atomic E-state index is 12.1. The minimum absolute atomic E-state index is 0.0322. The van der Waals surface area contributed by atoms with Crippen molar-refractivity contribution in [2.45, 2.75) is 19.8 Å². The minimum atomic E-state index is -0.0322. The van der Waals surface area contributed by atoms with Crippen LogP contribution in [-0.2, 0) is 4.74 Å². The van der Waals surface area contributed by atoms with Crippen molar-refractivity contribution in [3.63, 3.8) is 0 Å². The van der Waals surface area contributed by atoms with Crippen LogP contribution in [0.3, 0.4) is 0 Å². The number of hydrogen-bond donors (Lipinski definition) is 0. The van der Waals surface area contributed by atoms with Gasteiger partial charge in [0.1, 0.15) is 0 Å². The highest BCUT2D eigenvalue weighted by Gasteiger charge is 2.18. The lowest BCUT2D eigenvalue weighted by atomic mass is 10.0. The number of carbonyl (C=O) groups is 1. The summed E-state index contributed by atoms with van der Waals surface area (Å²) in [6, 6.07) is 5.67. The number of Topliss-reactive ketones (excluding diaryl/α,β-unsaturated/α-hetero) is 1. The smallest absolute Gasteiger partial charge is 0.228 e. The molecule has 1 heterocycles. The summed E-state index contributed by atoms with van der Waals surface area (Å²) >= 11 is 3.44. The van der Waals surface area contributed by atoms with Gasteiger partial charge in [-0.1, -0.05) is 12.1 Å². The zero-order valence-corrected chi connectivity index (χ0v) is 10.7. The fraction of sp³-hybridized carbons (Fsp3) is 0.308. The molecule has 3 heteroatoms. The van der Waals surface area contributed by atoms with E-state index in [-0.39, 0.29) is 5.78 Å². The first-order valence-electron chi connectivity index (χ1n) is 5.33. The van der Waals surface area contributed by atoms with Crippen LogP contribution in [0.2, 0.25) is 0 Å². The van der Waals surface area contributed by atoms with Gasteiger partial charge in [0.25, 0.3) is 0 Å². The van der Waals surface area contributed by atoms with Gasteiger partial charge in [-0.25, -0.2) is 0 Å². The molecule has 1 aliphatic rings. The summed E-state index contributed by atoms with van der Waals surface area (Å²) in [4.78, 5) is 12.1. The van der Waals surface area contributed by atoms with Crippen LogP contribution in [0, 0.1) is 6.92 Å². The Labute approximate surface area is 103 Å². The predicted octanol–water partition coefficient (Wildman–Crippen LogP) is 3.63. The van der Waals surface area contributed by atoms with Gasteiger partial charge in [-0.15, -0.1) is 0 Å². The average molecular weight is 281 g/mol. The lowest BCUT2D eigenvalue weighted by Gasteiger charge is -2.14. The van der Waals surface area contributed by atoms with Gasteiger partial charge in [0, 0.05) is 10.0 Å². The van der Waals surface area contributed by atoms with E-state index in [1.807, 2.05) is 31.2 Å². The molecule has 2 rings (SSSR count). The fourth-order valence-electron chi connectivity index (χ4n) is 1.67. The third-order valence-corrected chi connectivity index (χ3v) is 3.65. The first-order valence-corrected chi connectivity index (χ1v) is 6.12. The molecular formula is C13H13BrO2. The monoisotopic (exact) mass is 280 g/mol. The molecule has 0 radical (unpaired) electrons. The Kier molecular flexibility index (Phi) is 3.44. The molecule has 0 saturated heterocycles. The average Bonchev–Trinajstić information content (AvgIpc) is 2.33. The van der Waals surface area contributed by atoms with Crippen molar-refractivity contribution in [3.8, 4) is 0 Å². The summed E-state index contributed by atoms with van der Waals surface area (Å²) in [6.07, 6.45) is 3.79. The van der Waals surface area contributed by atoms with Crippen molar-refractivity contribution in [2.75, 3.05) is 6.61 Å². The van der Waals surface area contributed by atoms with Gasteiger partial charge in [-0.3, -0.25) is 4.79 Å². The van der Waals surface area contributed by atoms with Crippen LogP contribution in [0.1, 0.15) is 28.8 Å². The number of hydrogen-bond acceptors (Lipinski definition) is 2. The van der Waals surface area contributed by atoms with E-state index in [0.29, 0.717) is 17.9 Å². The van der Waals surface area contributed by atoms with Crippen LogP contribution in [0.15, 0.2) is 34.5 Å². The van der Waals surface area contributed by atoms with Gasteiger partial charge in [0.2, 0.25) is 5.78 Å². The quantitative estimate of drug-likeness (QED) is 0.774. The fourth-order valence-corrected chi connectivity index (χ4v) is 2.12. The van der Waals surface area contributed by atoms with E-state index in [1.54, 1.807) is 0 Å². The molecule has 0 unspecified atom stereocenters. The van der Waals surface area contributed by atoms with E-state index in [4.69, 9.17) is 4.74 Å². The Morgan fingerprint density at radius 1 is 1.44 bits per heavy atom. The second-order valence-corrected chi connectivity index (χ2v) is 4.62. The number of carbonyl (C=O) groups excluding carboxylic acids is 1. The number of aryl methyl sites for hydroxylation is 1. The molecule has 0 bridgehead atoms. The highest BCUT2D eigenvalue weighted by Crippen LogP contribution is 2.25. The van der Waals surface area contributed by atoms with Crippen LogP contribution < -0.4 is 0 Å². The highest BCUT2D eigenvalue weighted by molar-refractivity contribution is 9.10. The SMILES string of the molecule is Cc1cccc(C(=O)C2=CCCCO2)c1Br. The second kappa shape index (κ2) is 4.83. The van der Waals surface area contributed by atoms with E-state index in [1.165, 1.54) is 0 Å². The van der Waals surface area contributed by atoms with Crippen LogP contribution >= 0.6 is 15.9 Å². The van der Waals surface area contributed by atoms with E-state index < -0.39 is 0 Å². The van der Waals surface area contributed by atoms with Crippen LogP contribution in [0.5, 0.6) is 0 Å². The molecule has 84 valence electrons. The third kappa shape index (κ3) is 2.19. The van der Waals surface area contributed by atoms with Gasteiger partial charge in [0.15, 0.2) is 5.76 Å². The van der Waals surface area contributed by atoms with Gasteiger partial charge in [0.05, 0.1) is 6.61 Å². The lowest BCUT2D eigenvalue weighted by Crippen LogP contribution is -2.12. The number of benzene rings is 1. The van der Waals surface area contributed by atoms with Crippen molar-refractivity contribution in [1.29, 1.82) is 0 Å². The van der Waals surface area contributed by atoms with Crippen molar-refractivity contribution in [2.24, 2.45) is 0 Å². The number of halogens is 1. The summed E-state index contributed by atoms with van der Waals surface area (Å²) in [7, 11) is 0. The largest absolute Gasteiger partial charge is 0.490 e. The molecular weight excluding hydrogens is 268 g/mol. The maximum atomic E-state index is 12.1. The molecule has 0 aliphatic carbocycles. The van der Waals surface area contributed by atoms with Crippen LogP contribution in [0.4, 0.5) is 0 Å². The number of ether oxygens (including phenoxy) is 1. The van der Waals surface area contributed by atoms with E-state index in [2.05, 4.69) is 15.9 Å². The molecule has 0 aromatic heterocycles. The van der Waals surface area contributed by atoms with Gasteiger partial charge < -0.3 is 4.74 Å². The standard InChI is InChI=1S/C13H13BrO2/c1-9-5-4-6-10(12(9)14)13(15)11-7-2-3-8-16-11/h4-7H,2-3,8H2,1H3. The summed E-state index contributed by atoms with van der Waals surface area (Å²) in [5.41, 5.74) is 1.73. The van der Waals surface area contributed by atoms with Gasteiger partial charge in [-0.05, 0) is 53.4 Å². The van der Waals surface area contributed by atoms with E-state index in [0.717, 1.165) is 22.9 Å². The lowest BCUT2D eigenvalue weighted by molar-refractivity contribution is 0.0898. The van der Waals surface area contributed by atoms with Crippen molar-refractivity contribution in [3.05, 3.63) is 45.6 Å². The molecule has 0 atom stereocenters. The summed E-state index contributed by atoms with van der Waals surface area (Å²) in [5.74, 6) is 0.452. The Balaban J connectivity index is 2.33. The topological polar surface area (TPSA) is 26.3 Å². The maximum Gasteiger partial charge on any atom is 0.228 e. The molecule has 1 aliphatic heterocycles. The second-order valence-electron chi connectivity index (χ2n) is 3.82. The zero-order chi connectivity index (χ0) is 11.5. The minimum Gasteiger partial charge on any atom is -0.490 e. The summed E-state index contributed by atoms with van der Waals surface area (Å²) < 4.78 is 6.24. The molecule has 0 amide bonds. The van der Waals surface area contributed by atoms with Gasteiger partial charge >= 0.3 is 0 Å². The first kappa shape index (κ1) is 11.4. The Morgan fingerprint density at radius 2 is 2.25 bits per heavy atom. The molecule has 1 aromatic rings. The Morgan fingerprint density at radius 3 is 2.94 bits per heavy atom. The summed E-state index contributed by atoms with van der Waals surface area (Å²) in [6.45, 7) is 2.61. The molecule has 0 fully saturated rings. The Hall–Kier alpha value is -1.09. The van der Waals surface area contributed by atoms with Crippen molar-refractivity contribution in [1.82, 2.24) is 0 Å². The third-order valence-electron chi connectivity index (χ3n) is 2.60. The first-order chi connectivity index (χ1) is 7.70. The molecule has 2 nitrogen and oxygen atoms in total. The van der Waals surface area contributed by atoms with Crippen LogP contribution in [0.25, 0.3) is 0 Å². The molecule has 0 saturated carbocycles. The van der Waals surface area contributed by atoms with Gasteiger partial charge in [-0.2, -0.15) is 0 Å². The number of rotatable bonds is 2. The molecule has 1 aromatic carbocycles.